The van der Waals surface area contributed by atoms with Crippen LogP contribution >= 0.6 is 0 Å². The summed E-state index contributed by atoms with van der Waals surface area (Å²) in [6.07, 6.45) is -4.16. The van der Waals surface area contributed by atoms with Crippen LogP contribution in [0.4, 0.5) is 18.9 Å². The van der Waals surface area contributed by atoms with Crippen molar-refractivity contribution in [2.24, 2.45) is 0 Å². The molecule has 1 aromatic rings. The number of esters is 1. The molecular formula is C11H11F3N2O3. The Morgan fingerprint density at radius 2 is 2.05 bits per heavy atom. The molecule has 8 heteroatoms. The number of hydrogen-bond acceptors (Lipinski definition) is 4. The third-order valence-corrected chi connectivity index (χ3v) is 2.21. The number of aryl methyl sites for hydroxylation is 1. The molecule has 0 aliphatic heterocycles. The molecule has 1 amide bonds. The van der Waals surface area contributed by atoms with E-state index in [2.05, 4.69) is 15.0 Å². The molecular weight excluding hydrogens is 265 g/mol. The van der Waals surface area contributed by atoms with Gasteiger partial charge >= 0.3 is 12.1 Å². The molecule has 1 aromatic heterocycles. The fourth-order valence-electron chi connectivity index (χ4n) is 1.24. The van der Waals surface area contributed by atoms with Crippen LogP contribution in [0.15, 0.2) is 12.3 Å². The Hall–Kier alpha value is -2.12. The van der Waals surface area contributed by atoms with Gasteiger partial charge in [0.15, 0.2) is 0 Å². The number of nitrogens with one attached hydrogen (secondary N) is 1. The largest absolute Gasteiger partial charge is 0.469 e. The number of alkyl halides is 3. The number of pyridine rings is 1. The molecule has 0 saturated carbocycles. The van der Waals surface area contributed by atoms with E-state index in [1.807, 2.05) is 0 Å². The van der Waals surface area contributed by atoms with Gasteiger partial charge in [0, 0.05) is 0 Å². The number of nitrogens with zero attached hydrogens (tertiary/aromatic N) is 1. The zero-order valence-electron chi connectivity index (χ0n) is 10.2. The smallest absolute Gasteiger partial charge is 0.433 e. The minimum absolute atomic E-state index is 0.113. The van der Waals surface area contributed by atoms with Crippen molar-refractivity contribution in [3.8, 4) is 0 Å². The van der Waals surface area contributed by atoms with Crippen molar-refractivity contribution in [3.63, 3.8) is 0 Å². The average molecular weight is 276 g/mol. The molecule has 5 nitrogen and oxygen atoms in total. The van der Waals surface area contributed by atoms with Gasteiger partial charge in [0.25, 0.3) is 0 Å². The van der Waals surface area contributed by atoms with Crippen molar-refractivity contribution < 1.29 is 27.5 Å². The number of rotatable bonds is 3. The van der Waals surface area contributed by atoms with Gasteiger partial charge in [0.2, 0.25) is 5.91 Å². The molecule has 0 fully saturated rings. The monoisotopic (exact) mass is 276 g/mol. The molecule has 1 heterocycles. The molecule has 0 spiro atoms. The maximum Gasteiger partial charge on any atom is 0.433 e. The first-order valence-corrected chi connectivity index (χ1v) is 5.14. The fraction of sp³-hybridized carbons (Fsp3) is 0.364. The number of carbonyl (C=O) groups is 2. The van der Waals surface area contributed by atoms with Crippen LogP contribution in [0.2, 0.25) is 0 Å². The third kappa shape index (κ3) is 4.23. The SMILES string of the molecule is COC(=O)CC(=O)Nc1cnc(C(F)(F)F)cc1C. The van der Waals surface area contributed by atoms with Gasteiger partial charge in [-0.2, -0.15) is 13.2 Å². The lowest BCUT2D eigenvalue weighted by molar-refractivity contribution is -0.143. The lowest BCUT2D eigenvalue weighted by atomic mass is 10.2. The summed E-state index contributed by atoms with van der Waals surface area (Å²) in [5.41, 5.74) is -0.738. The van der Waals surface area contributed by atoms with Gasteiger partial charge in [0.1, 0.15) is 12.1 Å². The maximum atomic E-state index is 12.4. The summed E-state index contributed by atoms with van der Waals surface area (Å²) in [5, 5.41) is 2.28. The molecule has 0 unspecified atom stereocenters. The van der Waals surface area contributed by atoms with E-state index >= 15 is 0 Å². The van der Waals surface area contributed by atoms with E-state index in [9.17, 15) is 22.8 Å². The first-order valence-electron chi connectivity index (χ1n) is 5.14. The molecule has 1 N–H and O–H groups in total. The Kier molecular flexibility index (Phi) is 4.47. The summed E-state index contributed by atoms with van der Waals surface area (Å²) < 4.78 is 41.4. The van der Waals surface area contributed by atoms with Gasteiger partial charge in [-0.25, -0.2) is 4.98 Å². The highest BCUT2D eigenvalue weighted by atomic mass is 19.4. The van der Waals surface area contributed by atoms with E-state index in [0.717, 1.165) is 19.4 Å². The first kappa shape index (κ1) is 14.9. The maximum absolute atomic E-state index is 12.4. The lowest BCUT2D eigenvalue weighted by Gasteiger charge is -2.10. The number of carbonyl (C=O) groups excluding carboxylic acids is 2. The van der Waals surface area contributed by atoms with Crippen LogP contribution < -0.4 is 5.32 Å². The number of methoxy groups -OCH3 is 1. The molecule has 0 atom stereocenters. The third-order valence-electron chi connectivity index (χ3n) is 2.21. The van der Waals surface area contributed by atoms with Gasteiger partial charge < -0.3 is 10.1 Å². The predicted molar refractivity (Wildman–Crippen MR) is 59.2 cm³/mol. The van der Waals surface area contributed by atoms with E-state index in [4.69, 9.17) is 0 Å². The Bertz CT molecular complexity index is 500. The molecule has 0 bridgehead atoms. The second kappa shape index (κ2) is 5.68. The lowest BCUT2D eigenvalue weighted by Crippen LogP contribution is -2.18. The van der Waals surface area contributed by atoms with Crippen molar-refractivity contribution in [1.82, 2.24) is 4.98 Å². The molecule has 19 heavy (non-hydrogen) atoms. The van der Waals surface area contributed by atoms with Gasteiger partial charge in [0.05, 0.1) is 19.0 Å². The molecule has 0 saturated heterocycles. The van der Waals surface area contributed by atoms with E-state index in [-0.39, 0.29) is 11.3 Å². The van der Waals surface area contributed by atoms with Crippen molar-refractivity contribution in [2.45, 2.75) is 19.5 Å². The van der Waals surface area contributed by atoms with Crippen molar-refractivity contribution in [3.05, 3.63) is 23.5 Å². The fourth-order valence-corrected chi connectivity index (χ4v) is 1.24. The van der Waals surface area contributed by atoms with E-state index in [1.165, 1.54) is 6.92 Å². The number of amides is 1. The summed E-state index contributed by atoms with van der Waals surface area (Å²) in [5.74, 6) is -1.42. The Labute approximate surface area is 106 Å². The van der Waals surface area contributed by atoms with E-state index in [0.29, 0.717) is 0 Å². The van der Waals surface area contributed by atoms with Crippen molar-refractivity contribution >= 4 is 17.6 Å². The van der Waals surface area contributed by atoms with Gasteiger partial charge in [-0.05, 0) is 18.6 Å². The quantitative estimate of drug-likeness (QED) is 0.676. The van der Waals surface area contributed by atoms with Crippen LogP contribution in [0.5, 0.6) is 0 Å². The number of anilines is 1. The summed E-state index contributed by atoms with van der Waals surface area (Å²) in [7, 11) is 1.13. The van der Waals surface area contributed by atoms with Crippen molar-refractivity contribution in [2.75, 3.05) is 12.4 Å². The van der Waals surface area contributed by atoms with E-state index < -0.39 is 30.2 Å². The average Bonchev–Trinajstić information content (AvgIpc) is 2.30. The first-order chi connectivity index (χ1) is 8.74. The standard InChI is InChI=1S/C11H11F3N2O3/c1-6-3-8(11(12,13)14)15-5-7(6)16-9(17)4-10(18)19-2/h3,5H,4H2,1-2H3,(H,16,17). The van der Waals surface area contributed by atoms with E-state index in [1.54, 1.807) is 0 Å². The van der Waals surface area contributed by atoms with Gasteiger partial charge in [-0.1, -0.05) is 0 Å². The highest BCUT2D eigenvalue weighted by molar-refractivity contribution is 6.02. The molecule has 104 valence electrons. The summed E-state index contributed by atoms with van der Waals surface area (Å²) in [4.78, 5) is 25.4. The zero-order valence-corrected chi connectivity index (χ0v) is 10.2. The van der Waals surface area contributed by atoms with Crippen LogP contribution in [-0.2, 0) is 20.5 Å². The highest BCUT2D eigenvalue weighted by Gasteiger charge is 2.32. The second-order valence-corrected chi connectivity index (χ2v) is 3.68. The normalized spacial score (nSPS) is 11.0. The van der Waals surface area contributed by atoms with Crippen LogP contribution in [0.25, 0.3) is 0 Å². The summed E-state index contributed by atoms with van der Waals surface area (Å²) >= 11 is 0. The second-order valence-electron chi connectivity index (χ2n) is 3.68. The molecule has 0 aliphatic rings. The number of halogens is 3. The minimum Gasteiger partial charge on any atom is -0.469 e. The van der Waals surface area contributed by atoms with Crippen LogP contribution in [0.3, 0.4) is 0 Å². The minimum atomic E-state index is -4.54. The van der Waals surface area contributed by atoms with Crippen LogP contribution in [0, 0.1) is 6.92 Å². The van der Waals surface area contributed by atoms with Gasteiger partial charge in [-0.3, -0.25) is 9.59 Å². The number of aromatic nitrogens is 1. The van der Waals surface area contributed by atoms with Crippen LogP contribution in [-0.4, -0.2) is 24.0 Å². The number of ether oxygens (including phenoxy) is 1. The molecule has 1 rings (SSSR count). The van der Waals surface area contributed by atoms with Gasteiger partial charge in [-0.15, -0.1) is 0 Å². The molecule has 0 aromatic carbocycles. The Morgan fingerprint density at radius 1 is 1.42 bits per heavy atom. The Morgan fingerprint density at radius 3 is 2.53 bits per heavy atom. The van der Waals surface area contributed by atoms with Crippen molar-refractivity contribution in [1.29, 1.82) is 0 Å². The molecule has 0 radical (unpaired) electrons. The number of hydrogen-bond donors (Lipinski definition) is 1. The summed E-state index contributed by atoms with van der Waals surface area (Å²) in [6, 6.07) is 0.813. The van der Waals surface area contributed by atoms with Crippen LogP contribution in [0.1, 0.15) is 17.7 Å². The topological polar surface area (TPSA) is 68.3 Å². The molecule has 0 aliphatic carbocycles. The highest BCUT2D eigenvalue weighted by Crippen LogP contribution is 2.29. The Balaban J connectivity index is 2.81. The predicted octanol–water partition coefficient (Wildman–Crippen LogP) is 1.91. The summed E-state index contributed by atoms with van der Waals surface area (Å²) in [6.45, 7) is 1.39. The zero-order chi connectivity index (χ0) is 14.6.